The SMILES string of the molecule is CC[C@H](CCCC(=O)NCCC(=O)O[C@H](/C=C/[C@@H]1[C@@H](C/C=C\CCCC(=O)OC(C)C)[C@@H](O)C[C@H]1O)COc1cccc(C(F)(F)F)c1)O[N+](=O)[O-]. The van der Waals surface area contributed by atoms with E-state index in [9.17, 15) is 47.9 Å². The zero-order valence-corrected chi connectivity index (χ0v) is 29.8. The molecule has 1 saturated carbocycles. The molecule has 0 aromatic heterocycles. The fourth-order valence-corrected chi connectivity index (χ4v) is 5.65. The van der Waals surface area contributed by atoms with Gasteiger partial charge < -0.3 is 34.6 Å². The third-order valence-corrected chi connectivity index (χ3v) is 8.29. The number of allylic oxidation sites excluding steroid dienone is 2. The molecule has 3 N–H and O–H groups in total. The average molecular weight is 745 g/mol. The highest BCUT2D eigenvalue weighted by Gasteiger charge is 2.39. The largest absolute Gasteiger partial charge is 0.489 e. The Morgan fingerprint density at radius 1 is 1.06 bits per heavy atom. The summed E-state index contributed by atoms with van der Waals surface area (Å²) >= 11 is 0. The molecule has 1 aliphatic carbocycles. The predicted molar refractivity (Wildman–Crippen MR) is 182 cm³/mol. The van der Waals surface area contributed by atoms with Gasteiger partial charge in [0.2, 0.25) is 5.91 Å². The number of unbranched alkanes of at least 4 members (excludes halogenated alkanes) is 1. The van der Waals surface area contributed by atoms with Crippen molar-refractivity contribution < 1.29 is 61.9 Å². The van der Waals surface area contributed by atoms with E-state index in [1.165, 1.54) is 18.2 Å². The fraction of sp³-hybridized carbons (Fsp3) is 0.639. The molecule has 6 atom stereocenters. The van der Waals surface area contributed by atoms with Gasteiger partial charge in [-0.15, -0.1) is 10.1 Å². The molecule has 292 valence electrons. The summed E-state index contributed by atoms with van der Waals surface area (Å²) in [5.41, 5.74) is -0.921. The molecule has 13 nitrogen and oxygen atoms in total. The van der Waals surface area contributed by atoms with E-state index in [1.807, 2.05) is 12.2 Å². The highest BCUT2D eigenvalue weighted by Crippen LogP contribution is 2.36. The second-order valence-corrected chi connectivity index (χ2v) is 12.9. The highest BCUT2D eigenvalue weighted by molar-refractivity contribution is 5.77. The summed E-state index contributed by atoms with van der Waals surface area (Å²) < 4.78 is 55.9. The van der Waals surface area contributed by atoms with Crippen LogP contribution in [0.3, 0.4) is 0 Å². The van der Waals surface area contributed by atoms with Crippen molar-refractivity contribution in [2.75, 3.05) is 13.2 Å². The Morgan fingerprint density at radius 2 is 1.79 bits per heavy atom. The first kappa shape index (κ1) is 44.0. The van der Waals surface area contributed by atoms with Crippen molar-refractivity contribution >= 4 is 17.8 Å². The first-order chi connectivity index (χ1) is 24.6. The zero-order chi connectivity index (χ0) is 38.7. The number of hydrogen-bond acceptors (Lipinski definition) is 11. The van der Waals surface area contributed by atoms with E-state index < -0.39 is 53.1 Å². The molecular formula is C36H51F3N2O11. The molecule has 0 unspecified atom stereocenters. The molecule has 2 rings (SSSR count). The van der Waals surface area contributed by atoms with E-state index in [0.29, 0.717) is 38.5 Å². The van der Waals surface area contributed by atoms with Gasteiger partial charge in [0.1, 0.15) is 18.5 Å². The van der Waals surface area contributed by atoms with Crippen molar-refractivity contribution in [1.29, 1.82) is 0 Å². The molecule has 0 bridgehead atoms. The predicted octanol–water partition coefficient (Wildman–Crippen LogP) is 5.64. The first-order valence-corrected chi connectivity index (χ1v) is 17.5. The van der Waals surface area contributed by atoms with E-state index >= 15 is 0 Å². The summed E-state index contributed by atoms with van der Waals surface area (Å²) in [5.74, 6) is -2.43. The third-order valence-electron chi connectivity index (χ3n) is 8.29. The number of aliphatic hydroxyl groups is 2. The molecule has 16 heteroatoms. The van der Waals surface area contributed by atoms with Crippen LogP contribution in [0.15, 0.2) is 48.6 Å². The lowest BCUT2D eigenvalue weighted by Gasteiger charge is -2.21. The van der Waals surface area contributed by atoms with Crippen molar-refractivity contribution in [3.63, 3.8) is 0 Å². The number of alkyl halides is 3. The standard InChI is InChI=1S/C36H51F3N2O11/c1-4-26(52-41(47)48)12-10-15-33(44)40-20-19-35(46)51-28(23-49-27-13-9-11-25(21-27)36(37,38)39)17-18-30-29(31(42)22-32(30)43)14-7-5-6-8-16-34(45)50-24(2)3/h5,7,9,11,13,17-18,21,24,26,28-32,42-43H,4,6,8,10,12,14-16,19-20,22-23H2,1-3H3,(H,40,44)/b7-5-,18-17+/t26-,28-,29-,30-,31+,32-/m1/s1. The lowest BCUT2D eigenvalue weighted by molar-refractivity contribution is -0.768. The van der Waals surface area contributed by atoms with Crippen LogP contribution in [0.2, 0.25) is 0 Å². The Kier molecular flexibility index (Phi) is 19.2. The maximum absolute atomic E-state index is 13.2. The minimum Gasteiger partial charge on any atom is -0.489 e. The van der Waals surface area contributed by atoms with Crippen molar-refractivity contribution in [3.05, 3.63) is 64.2 Å². The second kappa shape index (κ2) is 22.7. The van der Waals surface area contributed by atoms with Gasteiger partial charge in [-0.2, -0.15) is 13.2 Å². The summed E-state index contributed by atoms with van der Waals surface area (Å²) in [5, 5.41) is 33.6. The van der Waals surface area contributed by atoms with Gasteiger partial charge in [0.25, 0.3) is 5.09 Å². The van der Waals surface area contributed by atoms with Crippen molar-refractivity contribution in [3.8, 4) is 5.75 Å². The Balaban J connectivity index is 2.02. The Bertz CT molecular complexity index is 1340. The van der Waals surface area contributed by atoms with Crippen LogP contribution < -0.4 is 10.1 Å². The molecule has 0 saturated heterocycles. The van der Waals surface area contributed by atoms with E-state index in [2.05, 4.69) is 10.2 Å². The maximum Gasteiger partial charge on any atom is 0.416 e. The highest BCUT2D eigenvalue weighted by atomic mass is 19.4. The van der Waals surface area contributed by atoms with Crippen molar-refractivity contribution in [2.24, 2.45) is 11.8 Å². The molecular weight excluding hydrogens is 693 g/mol. The molecule has 0 radical (unpaired) electrons. The number of nitrogens with zero attached hydrogens (tertiary/aromatic N) is 1. The van der Waals surface area contributed by atoms with E-state index in [1.54, 1.807) is 26.8 Å². The molecule has 1 fully saturated rings. The van der Waals surface area contributed by atoms with Crippen molar-refractivity contribution in [2.45, 2.75) is 122 Å². The minimum atomic E-state index is -4.60. The molecule has 52 heavy (non-hydrogen) atoms. The van der Waals surface area contributed by atoms with Gasteiger partial charge in [-0.05, 0) is 82.6 Å². The van der Waals surface area contributed by atoms with Gasteiger partial charge in [0, 0.05) is 31.7 Å². The average Bonchev–Trinajstić information content (AvgIpc) is 3.33. The van der Waals surface area contributed by atoms with Crippen LogP contribution in [0.25, 0.3) is 0 Å². The van der Waals surface area contributed by atoms with Crippen molar-refractivity contribution in [1.82, 2.24) is 5.32 Å². The lowest BCUT2D eigenvalue weighted by atomic mass is 9.89. The lowest BCUT2D eigenvalue weighted by Crippen LogP contribution is -2.29. The monoisotopic (exact) mass is 744 g/mol. The number of rotatable bonds is 23. The summed E-state index contributed by atoms with van der Waals surface area (Å²) in [4.78, 5) is 51.8. The molecule has 0 aliphatic heterocycles. The summed E-state index contributed by atoms with van der Waals surface area (Å²) in [6.45, 7) is 4.83. The first-order valence-electron chi connectivity index (χ1n) is 17.5. The van der Waals surface area contributed by atoms with Crippen LogP contribution in [0.5, 0.6) is 5.75 Å². The Morgan fingerprint density at radius 3 is 2.46 bits per heavy atom. The van der Waals surface area contributed by atoms with E-state index in [4.69, 9.17) is 14.2 Å². The number of aliphatic hydroxyl groups excluding tert-OH is 2. The topological polar surface area (TPSA) is 184 Å². The van der Waals surface area contributed by atoms with Crippen LogP contribution in [-0.2, 0) is 34.9 Å². The van der Waals surface area contributed by atoms with Gasteiger partial charge >= 0.3 is 18.1 Å². The molecule has 1 aliphatic rings. The van der Waals surface area contributed by atoms with Crippen LogP contribution in [0.1, 0.15) is 90.5 Å². The molecule has 0 heterocycles. The normalized spacial score (nSPS) is 20.2. The maximum atomic E-state index is 13.2. The number of nitrogens with one attached hydrogen (secondary N) is 1. The minimum absolute atomic E-state index is 0.0572. The quantitative estimate of drug-likeness (QED) is 0.0414. The zero-order valence-electron chi connectivity index (χ0n) is 29.8. The number of ether oxygens (including phenoxy) is 3. The summed E-state index contributed by atoms with van der Waals surface area (Å²) in [6, 6.07) is 4.22. The summed E-state index contributed by atoms with van der Waals surface area (Å²) in [7, 11) is 0. The molecule has 1 amide bonds. The number of halogens is 3. The molecule has 1 aromatic carbocycles. The van der Waals surface area contributed by atoms with Gasteiger partial charge in [-0.25, -0.2) is 0 Å². The number of carbonyl (C=O) groups excluding carboxylic acids is 3. The van der Waals surface area contributed by atoms with Gasteiger partial charge in [0.15, 0.2) is 6.10 Å². The molecule has 0 spiro atoms. The summed E-state index contributed by atoms with van der Waals surface area (Å²) in [6.07, 6.45) is 1.42. The smallest absolute Gasteiger partial charge is 0.416 e. The Hall–Kier alpha value is -4.18. The van der Waals surface area contributed by atoms with Crippen LogP contribution >= 0.6 is 0 Å². The van der Waals surface area contributed by atoms with Gasteiger partial charge in [-0.3, -0.25) is 14.4 Å². The second-order valence-electron chi connectivity index (χ2n) is 12.9. The number of carbonyl (C=O) groups is 3. The number of benzene rings is 1. The number of amides is 1. The Labute approximate surface area is 301 Å². The molecule has 1 aromatic rings. The number of esters is 2. The third kappa shape index (κ3) is 17.4. The van der Waals surface area contributed by atoms with Crippen LogP contribution in [0, 0.1) is 22.0 Å². The number of hydrogen-bond donors (Lipinski definition) is 3. The van der Waals surface area contributed by atoms with E-state index in [-0.39, 0.29) is 68.5 Å². The van der Waals surface area contributed by atoms with Gasteiger partial charge in [0.05, 0.1) is 30.3 Å². The van der Waals surface area contributed by atoms with Crippen LogP contribution in [-0.4, -0.2) is 76.8 Å². The fourth-order valence-electron chi connectivity index (χ4n) is 5.65. The van der Waals surface area contributed by atoms with E-state index in [0.717, 1.165) is 12.1 Å². The van der Waals surface area contributed by atoms with Gasteiger partial charge in [-0.1, -0.05) is 31.2 Å². The van der Waals surface area contributed by atoms with Crippen LogP contribution in [0.4, 0.5) is 13.2 Å².